The number of carbonyl (C=O) groups excluding carboxylic acids is 1. The summed E-state index contributed by atoms with van der Waals surface area (Å²) in [4.78, 5) is 25.3. The molecule has 2 rings (SSSR count). The molecule has 0 saturated carbocycles. The van der Waals surface area contributed by atoms with Gasteiger partial charge in [-0.25, -0.2) is 0 Å². The summed E-state index contributed by atoms with van der Waals surface area (Å²) in [5.74, 6) is -0.00241. The lowest BCUT2D eigenvalue weighted by atomic mass is 10.1. The van der Waals surface area contributed by atoms with Gasteiger partial charge in [-0.2, -0.15) is 0 Å². The second kappa shape index (κ2) is 5.03. The number of carbonyl (C=O) groups is 1. The number of hydrogen-bond donors (Lipinski definition) is 1. The maximum atomic E-state index is 12.0. The van der Waals surface area contributed by atoms with E-state index in [9.17, 15) is 9.59 Å². The van der Waals surface area contributed by atoms with Crippen LogP contribution in [0.1, 0.15) is 19.3 Å². The van der Waals surface area contributed by atoms with Crippen molar-refractivity contribution in [2.45, 2.75) is 25.8 Å². The maximum Gasteiger partial charge on any atom is 0.251 e. The van der Waals surface area contributed by atoms with Gasteiger partial charge < -0.3 is 15.2 Å². The van der Waals surface area contributed by atoms with Crippen LogP contribution in [0.4, 0.5) is 5.69 Å². The number of pyridine rings is 1. The number of aromatic nitrogens is 1. The van der Waals surface area contributed by atoms with Crippen LogP contribution in [0.2, 0.25) is 0 Å². The number of nitrogens with two attached hydrogens (primary N) is 1. The molecule has 1 aromatic heterocycles. The zero-order valence-corrected chi connectivity index (χ0v) is 9.76. The second-order valence-electron chi connectivity index (χ2n) is 4.37. The highest BCUT2D eigenvalue weighted by atomic mass is 16.2. The minimum absolute atomic E-state index is 0.00241. The fourth-order valence-corrected chi connectivity index (χ4v) is 2.06. The molecule has 2 N–H and O–H groups in total. The minimum atomic E-state index is -0.190. The molecule has 0 radical (unpaired) electrons. The molecule has 0 aliphatic carbocycles. The fourth-order valence-electron chi connectivity index (χ4n) is 2.06. The Morgan fingerprint density at radius 3 is 2.65 bits per heavy atom. The SMILES string of the molecule is Nc1ccc(=O)n(CC(=O)N2CCCCC2)c1. The molecule has 17 heavy (non-hydrogen) atoms. The molecule has 0 atom stereocenters. The predicted octanol–water partition coefficient (Wildman–Crippen LogP) is 0.443. The Balaban J connectivity index is 2.07. The van der Waals surface area contributed by atoms with Crippen molar-refractivity contribution in [3.63, 3.8) is 0 Å². The Bertz CT molecular complexity index is 461. The van der Waals surface area contributed by atoms with Crippen molar-refractivity contribution in [2.24, 2.45) is 0 Å². The lowest BCUT2D eigenvalue weighted by Gasteiger charge is -2.26. The lowest BCUT2D eigenvalue weighted by Crippen LogP contribution is -2.39. The van der Waals surface area contributed by atoms with E-state index >= 15 is 0 Å². The van der Waals surface area contributed by atoms with Crippen molar-refractivity contribution in [1.29, 1.82) is 0 Å². The third-order valence-corrected chi connectivity index (χ3v) is 3.02. The first-order valence-corrected chi connectivity index (χ1v) is 5.90. The van der Waals surface area contributed by atoms with E-state index in [1.165, 1.54) is 23.3 Å². The maximum absolute atomic E-state index is 12.0. The first kappa shape index (κ1) is 11.7. The molecule has 5 heteroatoms. The molecule has 1 aliphatic rings. The third-order valence-electron chi connectivity index (χ3n) is 3.02. The van der Waals surface area contributed by atoms with Gasteiger partial charge in [-0.15, -0.1) is 0 Å². The summed E-state index contributed by atoms with van der Waals surface area (Å²) in [7, 11) is 0. The van der Waals surface area contributed by atoms with Gasteiger partial charge in [0.1, 0.15) is 6.54 Å². The summed E-state index contributed by atoms with van der Waals surface area (Å²) in [5, 5.41) is 0. The van der Waals surface area contributed by atoms with Crippen LogP contribution in [-0.4, -0.2) is 28.5 Å². The van der Waals surface area contributed by atoms with Crippen LogP contribution in [-0.2, 0) is 11.3 Å². The number of piperidine rings is 1. The number of anilines is 1. The smallest absolute Gasteiger partial charge is 0.251 e. The van der Waals surface area contributed by atoms with Crippen molar-refractivity contribution in [2.75, 3.05) is 18.8 Å². The van der Waals surface area contributed by atoms with E-state index in [0.717, 1.165) is 25.9 Å². The largest absolute Gasteiger partial charge is 0.398 e. The highest BCUT2D eigenvalue weighted by molar-refractivity contribution is 5.76. The minimum Gasteiger partial charge on any atom is -0.398 e. The molecule has 1 fully saturated rings. The molecular weight excluding hydrogens is 218 g/mol. The summed E-state index contributed by atoms with van der Waals surface area (Å²) in [6.07, 6.45) is 4.81. The molecule has 2 heterocycles. The van der Waals surface area contributed by atoms with Gasteiger partial charge in [-0.1, -0.05) is 0 Å². The van der Waals surface area contributed by atoms with E-state index < -0.39 is 0 Å². The van der Waals surface area contributed by atoms with Gasteiger partial charge in [-0.3, -0.25) is 9.59 Å². The van der Waals surface area contributed by atoms with Crippen LogP contribution < -0.4 is 11.3 Å². The van der Waals surface area contributed by atoms with Crippen molar-refractivity contribution in [3.05, 3.63) is 28.7 Å². The highest BCUT2D eigenvalue weighted by Crippen LogP contribution is 2.09. The van der Waals surface area contributed by atoms with Crippen molar-refractivity contribution < 1.29 is 4.79 Å². The molecule has 1 aromatic rings. The zero-order chi connectivity index (χ0) is 12.3. The summed E-state index contributed by atoms with van der Waals surface area (Å²) in [6.45, 7) is 1.69. The number of amides is 1. The average Bonchev–Trinajstić information content (AvgIpc) is 2.35. The number of hydrogen-bond acceptors (Lipinski definition) is 3. The molecule has 1 saturated heterocycles. The van der Waals surface area contributed by atoms with E-state index in [1.54, 1.807) is 6.07 Å². The molecule has 0 aromatic carbocycles. The van der Waals surface area contributed by atoms with E-state index in [4.69, 9.17) is 5.73 Å². The Hall–Kier alpha value is -1.78. The number of rotatable bonds is 2. The number of nitrogen functional groups attached to an aromatic ring is 1. The van der Waals surface area contributed by atoms with E-state index in [2.05, 4.69) is 0 Å². The van der Waals surface area contributed by atoms with E-state index in [-0.39, 0.29) is 18.0 Å². The van der Waals surface area contributed by atoms with Crippen LogP contribution in [0.25, 0.3) is 0 Å². The van der Waals surface area contributed by atoms with Gasteiger partial charge in [0.2, 0.25) is 5.91 Å². The zero-order valence-electron chi connectivity index (χ0n) is 9.76. The monoisotopic (exact) mass is 235 g/mol. The summed E-state index contributed by atoms with van der Waals surface area (Å²) in [6, 6.07) is 2.93. The summed E-state index contributed by atoms with van der Waals surface area (Å²) < 4.78 is 1.37. The lowest BCUT2D eigenvalue weighted by molar-refractivity contribution is -0.132. The Labute approximate surface area is 99.8 Å². The third kappa shape index (κ3) is 2.87. The Kier molecular flexibility index (Phi) is 3.46. The van der Waals surface area contributed by atoms with Crippen molar-refractivity contribution in [1.82, 2.24) is 9.47 Å². The fraction of sp³-hybridized carbons (Fsp3) is 0.500. The predicted molar refractivity (Wildman–Crippen MR) is 65.5 cm³/mol. The van der Waals surface area contributed by atoms with Gasteiger partial charge in [0.15, 0.2) is 0 Å². The normalized spacial score (nSPS) is 15.9. The van der Waals surface area contributed by atoms with Crippen LogP contribution in [0.3, 0.4) is 0 Å². The first-order chi connectivity index (χ1) is 8.16. The topological polar surface area (TPSA) is 68.3 Å². The molecule has 5 nitrogen and oxygen atoms in total. The summed E-state index contributed by atoms with van der Waals surface area (Å²) in [5.41, 5.74) is 5.90. The molecule has 1 aliphatic heterocycles. The van der Waals surface area contributed by atoms with Crippen LogP contribution >= 0.6 is 0 Å². The molecule has 0 spiro atoms. The van der Waals surface area contributed by atoms with Gasteiger partial charge in [-0.05, 0) is 25.3 Å². The highest BCUT2D eigenvalue weighted by Gasteiger charge is 2.16. The Morgan fingerprint density at radius 2 is 1.94 bits per heavy atom. The van der Waals surface area contributed by atoms with Crippen LogP contribution in [0.15, 0.2) is 23.1 Å². The van der Waals surface area contributed by atoms with Crippen molar-refractivity contribution in [3.8, 4) is 0 Å². The van der Waals surface area contributed by atoms with Crippen molar-refractivity contribution >= 4 is 11.6 Å². The molecule has 0 unspecified atom stereocenters. The van der Waals surface area contributed by atoms with Gasteiger partial charge in [0, 0.05) is 31.0 Å². The first-order valence-electron chi connectivity index (χ1n) is 5.90. The van der Waals surface area contributed by atoms with E-state index in [1.807, 2.05) is 4.90 Å². The molecular formula is C12H17N3O2. The summed E-state index contributed by atoms with van der Waals surface area (Å²) >= 11 is 0. The Morgan fingerprint density at radius 1 is 1.24 bits per heavy atom. The second-order valence-corrected chi connectivity index (χ2v) is 4.37. The number of likely N-dealkylation sites (tertiary alicyclic amines) is 1. The average molecular weight is 235 g/mol. The van der Waals surface area contributed by atoms with Gasteiger partial charge >= 0.3 is 0 Å². The number of nitrogens with zero attached hydrogens (tertiary/aromatic N) is 2. The van der Waals surface area contributed by atoms with Crippen LogP contribution in [0, 0.1) is 0 Å². The van der Waals surface area contributed by atoms with Gasteiger partial charge in [0.05, 0.1) is 0 Å². The molecule has 1 amide bonds. The van der Waals surface area contributed by atoms with Gasteiger partial charge in [0.25, 0.3) is 5.56 Å². The standard InChI is InChI=1S/C12H17N3O2/c13-10-4-5-11(16)15(8-10)9-12(17)14-6-2-1-3-7-14/h4-5,8H,1-3,6-7,9,13H2. The van der Waals surface area contributed by atoms with Crippen LogP contribution in [0.5, 0.6) is 0 Å². The van der Waals surface area contributed by atoms with E-state index in [0.29, 0.717) is 5.69 Å². The molecule has 92 valence electrons. The quantitative estimate of drug-likeness (QED) is 0.809. The molecule has 0 bridgehead atoms.